The van der Waals surface area contributed by atoms with E-state index in [4.69, 9.17) is 0 Å². The molecular formula is C31H40F2. The summed E-state index contributed by atoms with van der Waals surface area (Å²) in [6.07, 6.45) is 21.2. The average Bonchev–Trinajstić information content (AvgIpc) is 2.86. The van der Waals surface area contributed by atoms with E-state index in [1.807, 2.05) is 0 Å². The third kappa shape index (κ3) is 5.05. The fraction of sp³-hybridized carbons (Fsp3) is 0.613. The molecule has 2 heteroatoms. The van der Waals surface area contributed by atoms with Crippen LogP contribution in [0.25, 0.3) is 10.8 Å². The molecule has 4 atom stereocenters. The molecule has 2 aromatic carbocycles. The van der Waals surface area contributed by atoms with Crippen molar-refractivity contribution in [2.45, 2.75) is 89.9 Å². The van der Waals surface area contributed by atoms with Crippen LogP contribution in [0.15, 0.2) is 42.5 Å². The second-order valence-electron chi connectivity index (χ2n) is 11.4. The van der Waals surface area contributed by atoms with Crippen molar-refractivity contribution in [2.24, 2.45) is 29.6 Å². The molecule has 4 unspecified atom stereocenters. The summed E-state index contributed by atoms with van der Waals surface area (Å²) in [6.45, 7) is 2.13. The van der Waals surface area contributed by atoms with Crippen molar-refractivity contribution in [1.82, 2.24) is 0 Å². The van der Waals surface area contributed by atoms with E-state index in [2.05, 4.69) is 31.2 Å². The van der Waals surface area contributed by atoms with Crippen LogP contribution in [-0.4, -0.2) is 0 Å². The predicted octanol–water partition coefficient (Wildman–Crippen LogP) is 9.58. The number of hydrogen-bond acceptors (Lipinski definition) is 0. The first kappa shape index (κ1) is 23.1. The van der Waals surface area contributed by atoms with Crippen molar-refractivity contribution >= 4 is 10.8 Å². The zero-order chi connectivity index (χ0) is 22.8. The Labute approximate surface area is 198 Å². The van der Waals surface area contributed by atoms with Gasteiger partial charge in [0, 0.05) is 5.39 Å². The van der Waals surface area contributed by atoms with Crippen LogP contribution in [0.2, 0.25) is 0 Å². The number of fused-ring (bicyclic) bond motifs is 2. The molecule has 5 rings (SSSR count). The lowest BCUT2D eigenvalue weighted by Crippen LogP contribution is -2.34. The van der Waals surface area contributed by atoms with Crippen molar-refractivity contribution in [3.63, 3.8) is 0 Å². The van der Waals surface area contributed by atoms with E-state index in [0.29, 0.717) is 11.3 Å². The SMILES string of the molecule is C/C=C/CCC1CCC(C2CCC3CC(c4ccc5c(F)c(F)ccc5c4)CCC3C2)CC1. The van der Waals surface area contributed by atoms with Gasteiger partial charge in [-0.25, -0.2) is 8.78 Å². The number of allylic oxidation sites excluding steroid dienone is 2. The normalized spacial score (nSPS) is 32.8. The number of hydrogen-bond donors (Lipinski definition) is 0. The zero-order valence-electron chi connectivity index (χ0n) is 20.2. The van der Waals surface area contributed by atoms with Gasteiger partial charge in [0.2, 0.25) is 0 Å². The van der Waals surface area contributed by atoms with E-state index in [1.165, 1.54) is 88.7 Å². The molecular weight excluding hydrogens is 410 g/mol. The summed E-state index contributed by atoms with van der Waals surface area (Å²) < 4.78 is 27.7. The molecule has 0 nitrogen and oxygen atoms in total. The van der Waals surface area contributed by atoms with E-state index in [-0.39, 0.29) is 0 Å². The standard InChI is InChI=1S/C31H40F2/c1-2-3-4-5-21-6-8-22(9-7-21)23-10-11-25-19-26(13-12-24(25)18-23)27-14-16-29-28(20-27)15-17-30(32)31(29)33/h2-3,14-17,20-26H,4-13,18-19H2,1H3/b3-2+. The predicted molar refractivity (Wildman–Crippen MR) is 134 cm³/mol. The van der Waals surface area contributed by atoms with Gasteiger partial charge in [-0.3, -0.25) is 0 Å². The Bertz CT molecular complexity index is 968. The van der Waals surface area contributed by atoms with Crippen LogP contribution in [-0.2, 0) is 0 Å². The molecule has 3 fully saturated rings. The molecule has 3 saturated carbocycles. The highest BCUT2D eigenvalue weighted by Gasteiger charge is 2.39. The van der Waals surface area contributed by atoms with Crippen LogP contribution < -0.4 is 0 Å². The highest BCUT2D eigenvalue weighted by atomic mass is 19.2. The molecule has 2 aromatic rings. The minimum Gasteiger partial charge on any atom is -0.204 e. The molecule has 0 heterocycles. The first-order valence-electron chi connectivity index (χ1n) is 13.6. The Hall–Kier alpha value is -1.70. The van der Waals surface area contributed by atoms with Crippen LogP contribution in [0.4, 0.5) is 8.78 Å². The van der Waals surface area contributed by atoms with Crippen LogP contribution in [0.1, 0.15) is 95.5 Å². The second-order valence-corrected chi connectivity index (χ2v) is 11.4. The van der Waals surface area contributed by atoms with Crippen molar-refractivity contribution in [2.75, 3.05) is 0 Å². The van der Waals surface area contributed by atoms with Gasteiger partial charge < -0.3 is 0 Å². The van der Waals surface area contributed by atoms with E-state index < -0.39 is 11.6 Å². The van der Waals surface area contributed by atoms with Gasteiger partial charge >= 0.3 is 0 Å². The monoisotopic (exact) mass is 450 g/mol. The molecule has 0 aromatic heterocycles. The molecule has 0 saturated heterocycles. The highest BCUT2D eigenvalue weighted by molar-refractivity contribution is 5.84. The van der Waals surface area contributed by atoms with Gasteiger partial charge in [0.25, 0.3) is 0 Å². The van der Waals surface area contributed by atoms with Gasteiger partial charge in [0.15, 0.2) is 11.6 Å². The maximum Gasteiger partial charge on any atom is 0.166 e. The van der Waals surface area contributed by atoms with Crippen molar-refractivity contribution in [3.05, 3.63) is 59.7 Å². The lowest BCUT2D eigenvalue weighted by molar-refractivity contribution is 0.0713. The van der Waals surface area contributed by atoms with Gasteiger partial charge in [-0.15, -0.1) is 0 Å². The van der Waals surface area contributed by atoms with Gasteiger partial charge in [0.1, 0.15) is 0 Å². The number of rotatable bonds is 5. The summed E-state index contributed by atoms with van der Waals surface area (Å²) in [6, 6.07) is 8.94. The van der Waals surface area contributed by atoms with Gasteiger partial charge in [-0.2, -0.15) is 0 Å². The van der Waals surface area contributed by atoms with Crippen molar-refractivity contribution in [3.8, 4) is 0 Å². The van der Waals surface area contributed by atoms with E-state index in [9.17, 15) is 8.78 Å². The Morgan fingerprint density at radius 3 is 2.27 bits per heavy atom. The van der Waals surface area contributed by atoms with Crippen LogP contribution >= 0.6 is 0 Å². The molecule has 0 aliphatic heterocycles. The Morgan fingerprint density at radius 1 is 0.788 bits per heavy atom. The maximum atomic E-state index is 14.1. The average molecular weight is 451 g/mol. The molecule has 0 spiro atoms. The Morgan fingerprint density at radius 2 is 1.48 bits per heavy atom. The fourth-order valence-corrected chi connectivity index (χ4v) is 7.64. The summed E-state index contributed by atoms with van der Waals surface area (Å²) in [5, 5.41) is 1.24. The van der Waals surface area contributed by atoms with Crippen LogP contribution in [0.5, 0.6) is 0 Å². The van der Waals surface area contributed by atoms with E-state index in [0.717, 1.165) is 35.0 Å². The van der Waals surface area contributed by atoms with Crippen molar-refractivity contribution in [1.29, 1.82) is 0 Å². The molecule has 178 valence electrons. The molecule has 0 bridgehead atoms. The third-order valence-corrected chi connectivity index (χ3v) is 9.59. The lowest BCUT2D eigenvalue weighted by atomic mass is 9.60. The van der Waals surface area contributed by atoms with Gasteiger partial charge in [-0.05, 0) is 124 Å². The van der Waals surface area contributed by atoms with E-state index in [1.54, 1.807) is 12.1 Å². The Balaban J connectivity index is 1.16. The minimum atomic E-state index is -0.755. The van der Waals surface area contributed by atoms with Crippen LogP contribution in [0, 0.1) is 41.2 Å². The summed E-state index contributed by atoms with van der Waals surface area (Å²) in [5.74, 6) is 3.80. The first-order chi connectivity index (χ1) is 16.1. The third-order valence-electron chi connectivity index (χ3n) is 9.59. The quantitative estimate of drug-likeness (QED) is 0.398. The summed E-state index contributed by atoms with van der Waals surface area (Å²) in [7, 11) is 0. The Kier molecular flexibility index (Phi) is 7.18. The summed E-state index contributed by atoms with van der Waals surface area (Å²) in [5.41, 5.74) is 1.32. The molecule has 33 heavy (non-hydrogen) atoms. The number of benzene rings is 2. The van der Waals surface area contributed by atoms with Gasteiger partial charge in [-0.1, -0.05) is 49.3 Å². The summed E-state index contributed by atoms with van der Waals surface area (Å²) in [4.78, 5) is 0. The van der Waals surface area contributed by atoms with Crippen LogP contribution in [0.3, 0.4) is 0 Å². The van der Waals surface area contributed by atoms with E-state index >= 15 is 0 Å². The molecule has 0 N–H and O–H groups in total. The van der Waals surface area contributed by atoms with Gasteiger partial charge in [0.05, 0.1) is 0 Å². The number of halogens is 2. The fourth-order valence-electron chi connectivity index (χ4n) is 7.64. The topological polar surface area (TPSA) is 0 Å². The smallest absolute Gasteiger partial charge is 0.166 e. The summed E-state index contributed by atoms with van der Waals surface area (Å²) >= 11 is 0. The molecule has 3 aliphatic carbocycles. The highest BCUT2D eigenvalue weighted by Crippen LogP contribution is 2.51. The zero-order valence-corrected chi connectivity index (χ0v) is 20.2. The minimum absolute atomic E-state index is 0.407. The molecule has 0 radical (unpaired) electrons. The largest absolute Gasteiger partial charge is 0.204 e. The lowest BCUT2D eigenvalue weighted by Gasteiger charge is -2.45. The maximum absolute atomic E-state index is 14.1. The first-order valence-corrected chi connectivity index (χ1v) is 13.6. The molecule has 0 amide bonds. The van der Waals surface area contributed by atoms with Crippen molar-refractivity contribution < 1.29 is 8.78 Å². The second kappa shape index (κ2) is 10.3. The molecule has 3 aliphatic rings.